The summed E-state index contributed by atoms with van der Waals surface area (Å²) in [5.41, 5.74) is 1.08. The highest BCUT2D eigenvalue weighted by Gasteiger charge is 2.08. The molecule has 1 aliphatic rings. The third-order valence-electron chi connectivity index (χ3n) is 2.18. The van der Waals surface area contributed by atoms with Gasteiger partial charge in [-0.3, -0.25) is 0 Å². The first-order chi connectivity index (χ1) is 5.68. The summed E-state index contributed by atoms with van der Waals surface area (Å²) in [7, 11) is 2.07. The van der Waals surface area contributed by atoms with Gasteiger partial charge in [0, 0.05) is 12.6 Å². The second-order valence-corrected chi connectivity index (χ2v) is 3.30. The van der Waals surface area contributed by atoms with E-state index >= 15 is 0 Å². The minimum absolute atomic E-state index is 0.811. The highest BCUT2D eigenvalue weighted by Crippen LogP contribution is 2.14. The lowest BCUT2D eigenvalue weighted by Gasteiger charge is -2.10. The van der Waals surface area contributed by atoms with Gasteiger partial charge in [-0.25, -0.2) is 4.79 Å². The average molecular weight is 169 g/mol. The summed E-state index contributed by atoms with van der Waals surface area (Å²) in [6.07, 6.45) is 4.29. The monoisotopic (exact) mass is 169 g/mol. The molecule has 0 atom stereocenters. The summed E-state index contributed by atoms with van der Waals surface area (Å²) >= 11 is 0. The van der Waals surface area contributed by atoms with Crippen LogP contribution in [0.25, 0.3) is 0 Å². The number of hydrogen-bond donors (Lipinski definition) is 1. The van der Waals surface area contributed by atoms with E-state index in [4.69, 9.17) is 5.11 Å². The van der Waals surface area contributed by atoms with Crippen LogP contribution in [0.15, 0.2) is 11.6 Å². The van der Waals surface area contributed by atoms with Crippen molar-refractivity contribution in [3.8, 4) is 0 Å². The van der Waals surface area contributed by atoms with Gasteiger partial charge < -0.3 is 10.0 Å². The Labute approximate surface area is 72.7 Å². The van der Waals surface area contributed by atoms with Crippen LogP contribution < -0.4 is 0 Å². The zero-order chi connectivity index (χ0) is 8.97. The summed E-state index contributed by atoms with van der Waals surface area (Å²) in [6.45, 7) is 2.07. The van der Waals surface area contributed by atoms with Crippen molar-refractivity contribution in [2.45, 2.75) is 19.3 Å². The molecule has 1 heterocycles. The van der Waals surface area contributed by atoms with Gasteiger partial charge in [0.15, 0.2) is 0 Å². The van der Waals surface area contributed by atoms with Gasteiger partial charge in [-0.2, -0.15) is 0 Å². The number of carboxylic acid groups (broad SMARTS) is 1. The number of likely N-dealkylation sites (tertiary alicyclic amines) is 1. The van der Waals surface area contributed by atoms with Crippen LogP contribution in [0.1, 0.15) is 19.3 Å². The first kappa shape index (κ1) is 9.26. The van der Waals surface area contributed by atoms with Crippen molar-refractivity contribution < 1.29 is 9.90 Å². The summed E-state index contributed by atoms with van der Waals surface area (Å²) in [5, 5.41) is 8.53. The predicted octanol–water partition coefficient (Wildman–Crippen LogP) is 1.11. The number of rotatable bonds is 1. The van der Waals surface area contributed by atoms with Crippen LogP contribution in [-0.4, -0.2) is 36.1 Å². The fraction of sp³-hybridized carbons (Fsp3) is 0.667. The van der Waals surface area contributed by atoms with E-state index in [2.05, 4.69) is 11.9 Å². The van der Waals surface area contributed by atoms with E-state index in [1.54, 1.807) is 0 Å². The fourth-order valence-corrected chi connectivity index (χ4v) is 1.47. The Morgan fingerprint density at radius 2 is 2.25 bits per heavy atom. The highest BCUT2D eigenvalue weighted by atomic mass is 16.4. The highest BCUT2D eigenvalue weighted by molar-refractivity contribution is 5.80. The number of carbonyl (C=O) groups is 1. The smallest absolute Gasteiger partial charge is 0.328 e. The molecule has 3 nitrogen and oxygen atoms in total. The van der Waals surface area contributed by atoms with E-state index in [9.17, 15) is 4.79 Å². The molecule has 0 aromatic carbocycles. The van der Waals surface area contributed by atoms with E-state index in [0.29, 0.717) is 0 Å². The molecule has 0 saturated carbocycles. The van der Waals surface area contributed by atoms with Crippen molar-refractivity contribution in [2.75, 3.05) is 20.1 Å². The maximum Gasteiger partial charge on any atom is 0.328 e. The van der Waals surface area contributed by atoms with Gasteiger partial charge in [0.2, 0.25) is 0 Å². The van der Waals surface area contributed by atoms with Gasteiger partial charge in [0.25, 0.3) is 0 Å². The molecular formula is C9H15NO2. The van der Waals surface area contributed by atoms with E-state index in [0.717, 1.165) is 37.9 Å². The molecule has 0 bridgehead atoms. The number of nitrogens with zero attached hydrogens (tertiary/aromatic N) is 1. The van der Waals surface area contributed by atoms with Crippen LogP contribution in [0, 0.1) is 0 Å². The van der Waals surface area contributed by atoms with Gasteiger partial charge >= 0.3 is 5.97 Å². The second-order valence-electron chi connectivity index (χ2n) is 3.30. The molecule has 68 valence electrons. The van der Waals surface area contributed by atoms with Crippen LogP contribution in [0.2, 0.25) is 0 Å². The van der Waals surface area contributed by atoms with E-state index < -0.39 is 5.97 Å². The Bertz CT molecular complexity index is 199. The molecular weight excluding hydrogens is 154 g/mol. The normalized spacial score (nSPS) is 23.9. The van der Waals surface area contributed by atoms with Crippen molar-refractivity contribution in [2.24, 2.45) is 0 Å². The lowest BCUT2D eigenvalue weighted by atomic mass is 10.1. The third kappa shape index (κ3) is 3.05. The molecule has 1 fully saturated rings. The van der Waals surface area contributed by atoms with Gasteiger partial charge in [-0.1, -0.05) is 5.57 Å². The first-order valence-corrected chi connectivity index (χ1v) is 4.29. The molecule has 0 aromatic heterocycles. The maximum atomic E-state index is 10.4. The van der Waals surface area contributed by atoms with E-state index in [1.807, 2.05) is 0 Å². The Morgan fingerprint density at radius 3 is 2.92 bits per heavy atom. The molecule has 1 rings (SSSR count). The van der Waals surface area contributed by atoms with Crippen LogP contribution in [0.3, 0.4) is 0 Å². The standard InChI is InChI=1S/C9H15NO2/c1-10-5-2-3-8(4-6-10)7-9(11)12/h7H,2-6H2,1H3,(H,11,12)/b8-7-. The molecule has 0 amide bonds. The van der Waals surface area contributed by atoms with Crippen molar-refractivity contribution in [1.29, 1.82) is 0 Å². The minimum Gasteiger partial charge on any atom is -0.478 e. The molecule has 0 aliphatic carbocycles. The summed E-state index contributed by atoms with van der Waals surface area (Å²) in [5.74, 6) is -0.811. The Kier molecular flexibility index (Phi) is 3.29. The van der Waals surface area contributed by atoms with Gasteiger partial charge in [0.1, 0.15) is 0 Å². The molecule has 1 aliphatic heterocycles. The topological polar surface area (TPSA) is 40.5 Å². The molecule has 3 heteroatoms. The Morgan fingerprint density at radius 1 is 1.50 bits per heavy atom. The molecule has 1 N–H and O–H groups in total. The first-order valence-electron chi connectivity index (χ1n) is 4.29. The molecule has 1 saturated heterocycles. The zero-order valence-corrected chi connectivity index (χ0v) is 7.42. The van der Waals surface area contributed by atoms with Crippen LogP contribution in [0.5, 0.6) is 0 Å². The SMILES string of the molecule is CN1CCC/C(=C/C(=O)O)CC1. The molecule has 0 spiro atoms. The van der Waals surface area contributed by atoms with Crippen molar-refractivity contribution in [3.05, 3.63) is 11.6 Å². The van der Waals surface area contributed by atoms with Crippen LogP contribution in [-0.2, 0) is 4.79 Å². The number of carboxylic acids is 1. The minimum atomic E-state index is -0.811. The lowest BCUT2D eigenvalue weighted by molar-refractivity contribution is -0.131. The Hall–Kier alpha value is -0.830. The van der Waals surface area contributed by atoms with Crippen LogP contribution in [0.4, 0.5) is 0 Å². The van der Waals surface area contributed by atoms with Gasteiger partial charge in [0.05, 0.1) is 0 Å². The summed E-state index contributed by atoms with van der Waals surface area (Å²) < 4.78 is 0. The van der Waals surface area contributed by atoms with E-state index in [-0.39, 0.29) is 0 Å². The zero-order valence-electron chi connectivity index (χ0n) is 7.42. The largest absolute Gasteiger partial charge is 0.478 e. The van der Waals surface area contributed by atoms with E-state index in [1.165, 1.54) is 6.08 Å². The van der Waals surface area contributed by atoms with Gasteiger partial charge in [-0.05, 0) is 32.9 Å². The van der Waals surface area contributed by atoms with Crippen molar-refractivity contribution in [1.82, 2.24) is 4.90 Å². The molecule has 0 unspecified atom stereocenters. The quantitative estimate of drug-likeness (QED) is 0.598. The molecule has 0 aromatic rings. The lowest BCUT2D eigenvalue weighted by Crippen LogP contribution is -2.18. The van der Waals surface area contributed by atoms with Crippen LogP contribution >= 0.6 is 0 Å². The molecule has 0 radical (unpaired) electrons. The molecule has 12 heavy (non-hydrogen) atoms. The number of hydrogen-bond acceptors (Lipinski definition) is 2. The van der Waals surface area contributed by atoms with Crippen molar-refractivity contribution >= 4 is 5.97 Å². The Balaban J connectivity index is 2.51. The predicted molar refractivity (Wildman–Crippen MR) is 47.1 cm³/mol. The average Bonchev–Trinajstić information content (AvgIpc) is 2.15. The summed E-state index contributed by atoms with van der Waals surface area (Å²) in [4.78, 5) is 12.6. The maximum absolute atomic E-state index is 10.4. The summed E-state index contributed by atoms with van der Waals surface area (Å²) in [6, 6.07) is 0. The van der Waals surface area contributed by atoms with Crippen molar-refractivity contribution in [3.63, 3.8) is 0 Å². The van der Waals surface area contributed by atoms with Gasteiger partial charge in [-0.15, -0.1) is 0 Å². The third-order valence-corrected chi connectivity index (χ3v) is 2.18. The fourth-order valence-electron chi connectivity index (χ4n) is 1.47. The second kappa shape index (κ2) is 4.26. The number of aliphatic carboxylic acids is 1.